The summed E-state index contributed by atoms with van der Waals surface area (Å²) in [5, 5.41) is 0. The fourth-order valence-electron chi connectivity index (χ4n) is 1.57. The van der Waals surface area contributed by atoms with E-state index in [0.717, 1.165) is 5.82 Å². The molecule has 11 heavy (non-hydrogen) atoms. The minimum absolute atomic E-state index is 0.157. The monoisotopic (exact) mass is 152 g/mol. The highest BCUT2D eigenvalue weighted by molar-refractivity contribution is 5.05. The zero-order valence-electron chi connectivity index (χ0n) is 7.97. The lowest BCUT2D eigenvalue weighted by molar-refractivity contribution is 0.380. The van der Waals surface area contributed by atoms with Gasteiger partial charge in [-0.15, -0.1) is 0 Å². The highest BCUT2D eigenvalue weighted by Gasteiger charge is 2.16. The van der Waals surface area contributed by atoms with Crippen LogP contribution in [0.1, 0.15) is 32.3 Å². The molecule has 0 spiro atoms. The second-order valence-electron chi connectivity index (χ2n) is 3.95. The zero-order chi connectivity index (χ0) is 8.65. The Morgan fingerprint density at radius 3 is 2.00 bits per heavy atom. The van der Waals surface area contributed by atoms with E-state index in [0.29, 0.717) is 0 Å². The van der Waals surface area contributed by atoms with Crippen molar-refractivity contribution >= 4 is 0 Å². The van der Waals surface area contributed by atoms with Crippen molar-refractivity contribution in [3.8, 4) is 0 Å². The first-order valence-corrected chi connectivity index (χ1v) is 3.94. The van der Waals surface area contributed by atoms with E-state index in [1.165, 1.54) is 5.69 Å². The lowest BCUT2D eigenvalue weighted by atomic mass is 10.1. The van der Waals surface area contributed by atoms with Crippen LogP contribution < -0.4 is 0 Å². The molecule has 0 bridgehead atoms. The Morgan fingerprint density at radius 1 is 1.27 bits per heavy atom. The topological polar surface area (TPSA) is 17.8 Å². The maximum absolute atomic E-state index is 4.25. The zero-order valence-corrected chi connectivity index (χ0v) is 7.97. The van der Waals surface area contributed by atoms with Gasteiger partial charge in [-0.05, 0) is 34.6 Å². The Hall–Kier alpha value is -0.790. The molecule has 0 unspecified atom stereocenters. The standard InChI is InChI=1S/C9H16N2/c1-7-6-10-8(2)11(7)9(3,4)5/h6H,1-5H3. The third-order valence-electron chi connectivity index (χ3n) is 1.79. The summed E-state index contributed by atoms with van der Waals surface area (Å²) in [5.74, 6) is 1.09. The smallest absolute Gasteiger partial charge is 0.106 e. The lowest BCUT2D eigenvalue weighted by Gasteiger charge is -2.24. The van der Waals surface area contributed by atoms with Crippen molar-refractivity contribution < 1.29 is 0 Å². The number of rotatable bonds is 0. The Kier molecular flexibility index (Phi) is 1.78. The van der Waals surface area contributed by atoms with Gasteiger partial charge in [0.2, 0.25) is 0 Å². The average molecular weight is 152 g/mol. The van der Waals surface area contributed by atoms with Crippen LogP contribution in [0.25, 0.3) is 0 Å². The van der Waals surface area contributed by atoms with E-state index in [2.05, 4.69) is 37.2 Å². The molecular formula is C9H16N2. The number of imidazole rings is 1. The molecule has 0 fully saturated rings. The Morgan fingerprint density at radius 2 is 1.82 bits per heavy atom. The van der Waals surface area contributed by atoms with E-state index in [-0.39, 0.29) is 5.54 Å². The van der Waals surface area contributed by atoms with Crippen LogP contribution in [0.15, 0.2) is 6.20 Å². The van der Waals surface area contributed by atoms with Crippen LogP contribution in [-0.4, -0.2) is 9.55 Å². The molecule has 0 saturated carbocycles. The summed E-state index contributed by atoms with van der Waals surface area (Å²) in [4.78, 5) is 4.25. The fourth-order valence-corrected chi connectivity index (χ4v) is 1.57. The molecule has 0 saturated heterocycles. The summed E-state index contributed by atoms with van der Waals surface area (Å²) in [6.07, 6.45) is 1.92. The van der Waals surface area contributed by atoms with Crippen molar-refractivity contribution in [2.45, 2.75) is 40.2 Å². The van der Waals surface area contributed by atoms with Crippen LogP contribution in [-0.2, 0) is 5.54 Å². The third kappa shape index (κ3) is 1.44. The SMILES string of the molecule is Cc1cnc(C)n1C(C)(C)C. The maximum Gasteiger partial charge on any atom is 0.106 e. The van der Waals surface area contributed by atoms with Crippen LogP contribution in [0.5, 0.6) is 0 Å². The molecule has 1 rings (SSSR count). The van der Waals surface area contributed by atoms with Crippen LogP contribution in [0.3, 0.4) is 0 Å². The van der Waals surface area contributed by atoms with E-state index in [1.807, 2.05) is 13.1 Å². The Balaban J connectivity index is 3.21. The molecule has 0 aromatic carbocycles. The van der Waals surface area contributed by atoms with E-state index in [9.17, 15) is 0 Å². The second kappa shape index (κ2) is 2.36. The van der Waals surface area contributed by atoms with Crippen molar-refractivity contribution in [3.63, 3.8) is 0 Å². The molecule has 62 valence electrons. The van der Waals surface area contributed by atoms with Crippen LogP contribution in [0.2, 0.25) is 0 Å². The van der Waals surface area contributed by atoms with Crippen molar-refractivity contribution in [1.29, 1.82) is 0 Å². The molecule has 2 nitrogen and oxygen atoms in total. The van der Waals surface area contributed by atoms with Gasteiger partial charge in [-0.25, -0.2) is 4.98 Å². The number of aromatic nitrogens is 2. The van der Waals surface area contributed by atoms with Gasteiger partial charge >= 0.3 is 0 Å². The van der Waals surface area contributed by atoms with Crippen molar-refractivity contribution in [3.05, 3.63) is 17.7 Å². The quantitative estimate of drug-likeness (QED) is 0.557. The molecule has 0 aliphatic carbocycles. The van der Waals surface area contributed by atoms with Crippen molar-refractivity contribution in [2.75, 3.05) is 0 Å². The minimum Gasteiger partial charge on any atom is -0.327 e. The van der Waals surface area contributed by atoms with Gasteiger partial charge in [0.1, 0.15) is 5.82 Å². The third-order valence-corrected chi connectivity index (χ3v) is 1.79. The molecule has 0 N–H and O–H groups in total. The number of hydrogen-bond acceptors (Lipinski definition) is 1. The Bertz CT molecular complexity index is 234. The molecule has 2 heteroatoms. The van der Waals surface area contributed by atoms with Gasteiger partial charge in [0.25, 0.3) is 0 Å². The number of nitrogens with zero attached hydrogens (tertiary/aromatic N) is 2. The molecule has 0 radical (unpaired) electrons. The van der Waals surface area contributed by atoms with Gasteiger partial charge in [-0.1, -0.05) is 0 Å². The normalized spacial score (nSPS) is 12.1. The average Bonchev–Trinajstić information content (AvgIpc) is 2.08. The van der Waals surface area contributed by atoms with Crippen LogP contribution in [0.4, 0.5) is 0 Å². The van der Waals surface area contributed by atoms with Crippen LogP contribution in [0, 0.1) is 13.8 Å². The second-order valence-corrected chi connectivity index (χ2v) is 3.95. The molecule has 0 amide bonds. The molecule has 0 aliphatic heterocycles. The largest absolute Gasteiger partial charge is 0.327 e. The first-order valence-electron chi connectivity index (χ1n) is 3.94. The van der Waals surface area contributed by atoms with Gasteiger partial charge in [0.05, 0.1) is 0 Å². The minimum atomic E-state index is 0.157. The van der Waals surface area contributed by atoms with E-state index in [1.54, 1.807) is 0 Å². The summed E-state index contributed by atoms with van der Waals surface area (Å²) < 4.78 is 2.24. The van der Waals surface area contributed by atoms with Crippen molar-refractivity contribution in [2.24, 2.45) is 0 Å². The number of hydrogen-bond donors (Lipinski definition) is 0. The highest BCUT2D eigenvalue weighted by atomic mass is 15.1. The van der Waals surface area contributed by atoms with Gasteiger partial charge in [-0.2, -0.15) is 0 Å². The van der Waals surface area contributed by atoms with Gasteiger partial charge in [-0.3, -0.25) is 0 Å². The lowest BCUT2D eigenvalue weighted by Crippen LogP contribution is -2.24. The molecule has 1 aromatic rings. The summed E-state index contributed by atoms with van der Waals surface area (Å²) >= 11 is 0. The predicted molar refractivity (Wildman–Crippen MR) is 46.7 cm³/mol. The van der Waals surface area contributed by atoms with Crippen molar-refractivity contribution in [1.82, 2.24) is 9.55 Å². The van der Waals surface area contributed by atoms with E-state index < -0.39 is 0 Å². The molecule has 0 atom stereocenters. The van der Waals surface area contributed by atoms with Gasteiger partial charge in [0.15, 0.2) is 0 Å². The first kappa shape index (κ1) is 8.31. The fraction of sp³-hybridized carbons (Fsp3) is 0.667. The molecule has 1 aromatic heterocycles. The molecular weight excluding hydrogens is 136 g/mol. The molecule has 1 heterocycles. The van der Waals surface area contributed by atoms with Crippen LogP contribution >= 0.6 is 0 Å². The van der Waals surface area contributed by atoms with Gasteiger partial charge < -0.3 is 4.57 Å². The first-order chi connectivity index (χ1) is 4.93. The summed E-state index contributed by atoms with van der Waals surface area (Å²) in [6, 6.07) is 0. The predicted octanol–water partition coefficient (Wildman–Crippen LogP) is 2.25. The van der Waals surface area contributed by atoms with Gasteiger partial charge in [0, 0.05) is 17.4 Å². The summed E-state index contributed by atoms with van der Waals surface area (Å²) in [6.45, 7) is 10.7. The number of aryl methyl sites for hydroxylation is 2. The maximum atomic E-state index is 4.25. The summed E-state index contributed by atoms with van der Waals surface area (Å²) in [7, 11) is 0. The molecule has 0 aliphatic rings. The van der Waals surface area contributed by atoms with E-state index in [4.69, 9.17) is 0 Å². The van der Waals surface area contributed by atoms with E-state index >= 15 is 0 Å². The Labute approximate surface area is 68.3 Å². The summed E-state index contributed by atoms with van der Waals surface area (Å²) in [5.41, 5.74) is 1.39. The highest BCUT2D eigenvalue weighted by Crippen LogP contribution is 2.18.